The first-order valence-electron chi connectivity index (χ1n) is 7.95. The largest absolute Gasteiger partial charge is 0.495 e. The van der Waals surface area contributed by atoms with E-state index < -0.39 is 6.10 Å². The van der Waals surface area contributed by atoms with Gasteiger partial charge in [0.2, 0.25) is 0 Å². The second kappa shape index (κ2) is 7.15. The number of halogens is 1. The van der Waals surface area contributed by atoms with Gasteiger partial charge in [-0.25, -0.2) is 0 Å². The molecule has 1 unspecified atom stereocenters. The van der Waals surface area contributed by atoms with Crippen LogP contribution in [0.5, 0.6) is 11.5 Å². The summed E-state index contributed by atoms with van der Waals surface area (Å²) in [6, 6.07) is 10.3. The third kappa shape index (κ3) is 3.61. The number of anilines is 1. The summed E-state index contributed by atoms with van der Waals surface area (Å²) in [5.41, 5.74) is 2.12. The van der Waals surface area contributed by atoms with Gasteiger partial charge in [-0.1, -0.05) is 23.7 Å². The van der Waals surface area contributed by atoms with Crippen molar-refractivity contribution in [2.24, 2.45) is 0 Å². The standard InChI is InChI=1S/C19H18ClNO4/c1-11(19(23)21-12-6-9-18(24-2)15(20)10-12)25-17-5-3-4-13-14(17)7-8-16(13)22/h3-6,9-11H,7-8H2,1-2H3,(H,21,23). The number of Topliss-reactive ketones (excluding diaryl/α,β-unsaturated/α-hetero) is 1. The minimum absolute atomic E-state index is 0.116. The molecule has 5 nitrogen and oxygen atoms in total. The lowest BCUT2D eigenvalue weighted by Gasteiger charge is -2.17. The molecule has 0 spiro atoms. The number of carbonyl (C=O) groups excluding carboxylic acids is 2. The van der Waals surface area contributed by atoms with Gasteiger partial charge >= 0.3 is 0 Å². The van der Waals surface area contributed by atoms with Crippen molar-refractivity contribution < 1.29 is 19.1 Å². The Bertz CT molecular complexity index is 834. The Balaban J connectivity index is 1.70. The molecule has 0 aromatic heterocycles. The van der Waals surface area contributed by atoms with Crippen molar-refractivity contribution >= 4 is 29.0 Å². The number of fused-ring (bicyclic) bond motifs is 1. The summed E-state index contributed by atoms with van der Waals surface area (Å²) < 4.78 is 10.9. The molecular formula is C19H18ClNO4. The number of ketones is 1. The van der Waals surface area contributed by atoms with Crippen molar-refractivity contribution in [1.82, 2.24) is 0 Å². The Morgan fingerprint density at radius 3 is 2.72 bits per heavy atom. The van der Waals surface area contributed by atoms with E-state index in [0.29, 0.717) is 40.6 Å². The lowest BCUT2D eigenvalue weighted by atomic mass is 10.1. The highest BCUT2D eigenvalue weighted by atomic mass is 35.5. The number of amides is 1. The van der Waals surface area contributed by atoms with Crippen molar-refractivity contribution in [3.05, 3.63) is 52.5 Å². The molecule has 1 amide bonds. The molecule has 1 aliphatic rings. The second-order valence-corrected chi connectivity index (χ2v) is 6.21. The fourth-order valence-electron chi connectivity index (χ4n) is 2.80. The van der Waals surface area contributed by atoms with Crippen LogP contribution < -0.4 is 14.8 Å². The van der Waals surface area contributed by atoms with Crippen molar-refractivity contribution in [3.63, 3.8) is 0 Å². The molecule has 2 aromatic rings. The van der Waals surface area contributed by atoms with Crippen LogP contribution in [0.25, 0.3) is 0 Å². The Morgan fingerprint density at radius 1 is 1.20 bits per heavy atom. The van der Waals surface area contributed by atoms with E-state index in [1.54, 1.807) is 43.3 Å². The molecule has 0 bridgehead atoms. The molecule has 0 fully saturated rings. The molecule has 130 valence electrons. The molecule has 2 aromatic carbocycles. The molecular weight excluding hydrogens is 342 g/mol. The monoisotopic (exact) mass is 359 g/mol. The maximum absolute atomic E-state index is 12.4. The fraction of sp³-hybridized carbons (Fsp3) is 0.263. The van der Waals surface area contributed by atoms with E-state index in [2.05, 4.69) is 5.32 Å². The van der Waals surface area contributed by atoms with Gasteiger partial charge in [-0.05, 0) is 37.6 Å². The molecule has 1 aliphatic carbocycles. The normalized spacial score (nSPS) is 14.0. The van der Waals surface area contributed by atoms with Crippen molar-refractivity contribution in [3.8, 4) is 11.5 Å². The van der Waals surface area contributed by atoms with Crippen LogP contribution in [0, 0.1) is 0 Å². The molecule has 6 heteroatoms. The predicted molar refractivity (Wildman–Crippen MR) is 95.8 cm³/mol. The minimum Gasteiger partial charge on any atom is -0.495 e. The van der Waals surface area contributed by atoms with E-state index in [4.69, 9.17) is 21.1 Å². The van der Waals surface area contributed by atoms with Gasteiger partial charge in [-0.15, -0.1) is 0 Å². The summed E-state index contributed by atoms with van der Waals surface area (Å²) in [7, 11) is 1.53. The Kier molecular flexibility index (Phi) is 4.95. The summed E-state index contributed by atoms with van der Waals surface area (Å²) in [4.78, 5) is 24.2. The highest BCUT2D eigenvalue weighted by Crippen LogP contribution is 2.31. The van der Waals surface area contributed by atoms with Gasteiger partial charge in [0.15, 0.2) is 11.9 Å². The second-order valence-electron chi connectivity index (χ2n) is 5.80. The first-order valence-corrected chi connectivity index (χ1v) is 8.33. The summed E-state index contributed by atoms with van der Waals surface area (Å²) >= 11 is 6.06. The van der Waals surface area contributed by atoms with Gasteiger partial charge in [0.05, 0.1) is 12.1 Å². The smallest absolute Gasteiger partial charge is 0.265 e. The number of carbonyl (C=O) groups is 2. The highest BCUT2D eigenvalue weighted by Gasteiger charge is 2.24. The first kappa shape index (κ1) is 17.3. The van der Waals surface area contributed by atoms with E-state index in [1.807, 2.05) is 0 Å². The van der Waals surface area contributed by atoms with E-state index in [9.17, 15) is 9.59 Å². The summed E-state index contributed by atoms with van der Waals surface area (Å²) in [5, 5.41) is 3.17. The van der Waals surface area contributed by atoms with E-state index in [1.165, 1.54) is 7.11 Å². The van der Waals surface area contributed by atoms with Crippen molar-refractivity contribution in [2.45, 2.75) is 25.9 Å². The molecule has 0 aliphatic heterocycles. The van der Waals surface area contributed by atoms with Gasteiger partial charge < -0.3 is 14.8 Å². The summed E-state index contributed by atoms with van der Waals surface area (Å²) in [5.74, 6) is 0.931. The molecule has 1 atom stereocenters. The number of rotatable bonds is 5. The highest BCUT2D eigenvalue weighted by molar-refractivity contribution is 6.32. The number of methoxy groups -OCH3 is 1. The van der Waals surface area contributed by atoms with Crippen LogP contribution in [0.3, 0.4) is 0 Å². The molecule has 0 radical (unpaired) electrons. The van der Waals surface area contributed by atoms with Gasteiger partial charge in [0.25, 0.3) is 5.91 Å². The lowest BCUT2D eigenvalue weighted by molar-refractivity contribution is -0.122. The maximum atomic E-state index is 12.4. The quantitative estimate of drug-likeness (QED) is 0.879. The number of nitrogens with one attached hydrogen (secondary N) is 1. The van der Waals surface area contributed by atoms with Crippen LogP contribution in [-0.2, 0) is 11.2 Å². The number of benzene rings is 2. The fourth-order valence-corrected chi connectivity index (χ4v) is 3.06. The third-order valence-electron chi connectivity index (χ3n) is 4.13. The zero-order valence-electron chi connectivity index (χ0n) is 14.0. The Labute approximate surface area is 150 Å². The third-order valence-corrected chi connectivity index (χ3v) is 4.42. The van der Waals surface area contributed by atoms with E-state index in [0.717, 1.165) is 5.56 Å². The van der Waals surface area contributed by atoms with Crippen LogP contribution in [0.15, 0.2) is 36.4 Å². The molecule has 0 saturated heterocycles. The molecule has 0 saturated carbocycles. The van der Waals surface area contributed by atoms with Crippen LogP contribution in [-0.4, -0.2) is 24.9 Å². The van der Waals surface area contributed by atoms with Crippen LogP contribution in [0.1, 0.15) is 29.3 Å². The van der Waals surface area contributed by atoms with Gasteiger partial charge in [0, 0.05) is 23.2 Å². The van der Waals surface area contributed by atoms with Crippen LogP contribution in [0.4, 0.5) is 5.69 Å². The number of hydrogen-bond acceptors (Lipinski definition) is 4. The average molecular weight is 360 g/mol. The van der Waals surface area contributed by atoms with Crippen LogP contribution in [0.2, 0.25) is 5.02 Å². The summed E-state index contributed by atoms with van der Waals surface area (Å²) in [6.07, 6.45) is 0.413. The van der Waals surface area contributed by atoms with Gasteiger partial charge in [0.1, 0.15) is 11.5 Å². The zero-order valence-corrected chi connectivity index (χ0v) is 14.7. The molecule has 25 heavy (non-hydrogen) atoms. The average Bonchev–Trinajstić information content (AvgIpc) is 2.97. The maximum Gasteiger partial charge on any atom is 0.265 e. The molecule has 0 heterocycles. The molecule has 1 N–H and O–H groups in total. The Morgan fingerprint density at radius 2 is 2.00 bits per heavy atom. The topological polar surface area (TPSA) is 64.6 Å². The van der Waals surface area contributed by atoms with E-state index in [-0.39, 0.29) is 11.7 Å². The summed E-state index contributed by atoms with van der Waals surface area (Å²) in [6.45, 7) is 1.66. The number of hydrogen-bond donors (Lipinski definition) is 1. The zero-order chi connectivity index (χ0) is 18.0. The van der Waals surface area contributed by atoms with Crippen molar-refractivity contribution in [1.29, 1.82) is 0 Å². The van der Waals surface area contributed by atoms with Crippen molar-refractivity contribution in [2.75, 3.05) is 12.4 Å². The Hall–Kier alpha value is -2.53. The minimum atomic E-state index is -0.719. The molecule has 3 rings (SSSR count). The number of ether oxygens (including phenoxy) is 2. The first-order chi connectivity index (χ1) is 12.0. The van der Waals surface area contributed by atoms with Gasteiger partial charge in [-0.2, -0.15) is 0 Å². The van der Waals surface area contributed by atoms with Crippen LogP contribution >= 0.6 is 11.6 Å². The van der Waals surface area contributed by atoms with E-state index >= 15 is 0 Å². The lowest BCUT2D eigenvalue weighted by Crippen LogP contribution is -2.30. The predicted octanol–water partition coefficient (Wildman–Crippen LogP) is 3.88. The SMILES string of the molecule is COc1ccc(NC(=O)C(C)Oc2cccc3c2CCC3=O)cc1Cl. The van der Waals surface area contributed by atoms with Gasteiger partial charge in [-0.3, -0.25) is 9.59 Å².